The molecule has 0 aliphatic carbocycles. The van der Waals surface area contributed by atoms with Crippen molar-refractivity contribution < 1.29 is 22.8 Å². The molecule has 0 unspecified atom stereocenters. The van der Waals surface area contributed by atoms with Crippen molar-refractivity contribution in [2.75, 3.05) is 24.2 Å². The minimum atomic E-state index is -3.74. The van der Waals surface area contributed by atoms with Crippen molar-refractivity contribution >= 4 is 33.0 Å². The Hall–Kier alpha value is -2.52. The van der Waals surface area contributed by atoms with Gasteiger partial charge in [-0.05, 0) is 36.4 Å². The van der Waals surface area contributed by atoms with Gasteiger partial charge in [0, 0.05) is 6.07 Å². The average Bonchev–Trinajstić information content (AvgIpc) is 2.56. The van der Waals surface area contributed by atoms with Crippen molar-refractivity contribution in [2.24, 2.45) is 0 Å². The molecular weight excluding hydrogens is 372 g/mol. The van der Waals surface area contributed by atoms with Crippen LogP contribution in [0.15, 0.2) is 42.5 Å². The summed E-state index contributed by atoms with van der Waals surface area (Å²) < 4.78 is 36.7. The number of ether oxygens (including phenoxy) is 2. The first-order valence-corrected chi connectivity index (χ1v) is 9.05. The van der Waals surface area contributed by atoms with E-state index >= 15 is 0 Å². The van der Waals surface area contributed by atoms with Gasteiger partial charge in [0.25, 0.3) is 5.69 Å². The number of hydrogen-bond donors (Lipinski definition) is 1. The SMILES string of the molecule is COc1ccc(OCCS(=O)(=O)Nc2ccc(Cl)c([N+](=O)[O-])c2)cc1. The topological polar surface area (TPSA) is 108 Å². The Bertz CT molecular complexity index is 855. The molecule has 0 spiro atoms. The zero-order valence-electron chi connectivity index (χ0n) is 13.1. The molecular formula is C15H15ClN2O6S. The molecule has 0 atom stereocenters. The summed E-state index contributed by atoms with van der Waals surface area (Å²) >= 11 is 5.69. The maximum atomic E-state index is 12.0. The lowest BCUT2D eigenvalue weighted by Crippen LogP contribution is -2.21. The predicted octanol–water partition coefficient (Wildman–Crippen LogP) is 3.08. The van der Waals surface area contributed by atoms with Gasteiger partial charge in [-0.25, -0.2) is 8.42 Å². The van der Waals surface area contributed by atoms with E-state index in [4.69, 9.17) is 21.1 Å². The zero-order chi connectivity index (χ0) is 18.4. The first-order chi connectivity index (χ1) is 11.8. The number of nitro benzene ring substituents is 1. The van der Waals surface area contributed by atoms with E-state index in [1.54, 1.807) is 24.3 Å². The van der Waals surface area contributed by atoms with Crippen molar-refractivity contribution in [1.29, 1.82) is 0 Å². The number of nitro groups is 1. The number of anilines is 1. The molecule has 0 bridgehead atoms. The molecule has 2 aromatic carbocycles. The van der Waals surface area contributed by atoms with E-state index in [9.17, 15) is 18.5 Å². The number of halogens is 1. The molecule has 0 aromatic heterocycles. The van der Waals surface area contributed by atoms with Crippen LogP contribution in [0.25, 0.3) is 0 Å². The number of benzene rings is 2. The summed E-state index contributed by atoms with van der Waals surface area (Å²) in [6.45, 7) is -0.0860. The molecule has 2 rings (SSSR count). The number of methoxy groups -OCH3 is 1. The number of hydrogen-bond acceptors (Lipinski definition) is 6. The number of sulfonamides is 1. The van der Waals surface area contributed by atoms with Gasteiger partial charge in [0.05, 0.1) is 17.7 Å². The molecule has 0 saturated carbocycles. The Morgan fingerprint density at radius 2 is 1.80 bits per heavy atom. The maximum absolute atomic E-state index is 12.0. The highest BCUT2D eigenvalue weighted by atomic mass is 35.5. The Morgan fingerprint density at radius 3 is 2.40 bits per heavy atom. The second-order valence-electron chi connectivity index (χ2n) is 4.87. The normalized spacial score (nSPS) is 11.0. The van der Waals surface area contributed by atoms with Crippen molar-refractivity contribution in [2.45, 2.75) is 0 Å². The molecule has 134 valence electrons. The van der Waals surface area contributed by atoms with Crippen LogP contribution in [0.2, 0.25) is 5.02 Å². The molecule has 25 heavy (non-hydrogen) atoms. The average molecular weight is 387 g/mol. The molecule has 0 fully saturated rings. The summed E-state index contributed by atoms with van der Waals surface area (Å²) in [6.07, 6.45) is 0. The Morgan fingerprint density at radius 1 is 1.16 bits per heavy atom. The van der Waals surface area contributed by atoms with Crippen LogP contribution in [0.4, 0.5) is 11.4 Å². The summed E-state index contributed by atoms with van der Waals surface area (Å²) in [7, 11) is -2.20. The summed E-state index contributed by atoms with van der Waals surface area (Å²) in [5, 5.41) is 10.8. The van der Waals surface area contributed by atoms with E-state index in [1.807, 2.05) is 0 Å². The van der Waals surface area contributed by atoms with Gasteiger partial charge in [0.15, 0.2) is 0 Å². The minimum absolute atomic E-state index is 0.0561. The second kappa shape index (κ2) is 8.04. The lowest BCUT2D eigenvalue weighted by atomic mass is 10.3. The van der Waals surface area contributed by atoms with E-state index in [0.717, 1.165) is 6.07 Å². The molecule has 2 aromatic rings. The van der Waals surface area contributed by atoms with Crippen LogP contribution in [0.5, 0.6) is 11.5 Å². The van der Waals surface area contributed by atoms with Crippen LogP contribution in [0.3, 0.4) is 0 Å². The standard InChI is InChI=1S/C15H15ClN2O6S/c1-23-12-3-5-13(6-4-12)24-8-9-25(21,22)17-11-2-7-14(16)15(10-11)18(19)20/h2-7,10,17H,8-9H2,1H3. The summed E-state index contributed by atoms with van der Waals surface area (Å²) in [6, 6.07) is 10.3. The highest BCUT2D eigenvalue weighted by Crippen LogP contribution is 2.27. The molecule has 0 saturated heterocycles. The first-order valence-electron chi connectivity index (χ1n) is 7.02. The zero-order valence-corrected chi connectivity index (χ0v) is 14.7. The molecule has 1 N–H and O–H groups in total. The molecule has 0 aliphatic rings. The van der Waals surface area contributed by atoms with E-state index in [-0.39, 0.29) is 28.8 Å². The fourth-order valence-electron chi connectivity index (χ4n) is 1.89. The van der Waals surface area contributed by atoms with Crippen LogP contribution in [0.1, 0.15) is 0 Å². The molecule has 0 aliphatic heterocycles. The van der Waals surface area contributed by atoms with Crippen LogP contribution in [-0.4, -0.2) is 32.8 Å². The van der Waals surface area contributed by atoms with Crippen LogP contribution in [0, 0.1) is 10.1 Å². The molecule has 0 amide bonds. The minimum Gasteiger partial charge on any atom is -0.497 e. The summed E-state index contributed by atoms with van der Waals surface area (Å²) in [5.74, 6) is 0.833. The Labute approximate surface area is 149 Å². The van der Waals surface area contributed by atoms with Crippen molar-refractivity contribution in [1.82, 2.24) is 0 Å². The van der Waals surface area contributed by atoms with Gasteiger partial charge >= 0.3 is 0 Å². The monoisotopic (exact) mass is 386 g/mol. The molecule has 10 heteroatoms. The van der Waals surface area contributed by atoms with Crippen LogP contribution < -0.4 is 14.2 Å². The summed E-state index contributed by atoms with van der Waals surface area (Å²) in [4.78, 5) is 10.1. The van der Waals surface area contributed by atoms with E-state index in [2.05, 4.69) is 4.72 Å². The van der Waals surface area contributed by atoms with E-state index in [1.165, 1.54) is 19.2 Å². The maximum Gasteiger partial charge on any atom is 0.289 e. The highest BCUT2D eigenvalue weighted by Gasteiger charge is 2.16. The van der Waals surface area contributed by atoms with Crippen LogP contribution >= 0.6 is 11.6 Å². The van der Waals surface area contributed by atoms with Gasteiger partial charge in [-0.3, -0.25) is 14.8 Å². The first kappa shape index (κ1) is 18.8. The number of nitrogens with one attached hydrogen (secondary N) is 1. The smallest absolute Gasteiger partial charge is 0.289 e. The van der Waals surface area contributed by atoms with Crippen molar-refractivity contribution in [3.05, 3.63) is 57.6 Å². The third-order valence-electron chi connectivity index (χ3n) is 3.10. The predicted molar refractivity (Wildman–Crippen MR) is 94.0 cm³/mol. The quantitative estimate of drug-likeness (QED) is 0.551. The highest BCUT2D eigenvalue weighted by molar-refractivity contribution is 7.92. The van der Waals surface area contributed by atoms with Crippen molar-refractivity contribution in [3.8, 4) is 11.5 Å². The van der Waals surface area contributed by atoms with Gasteiger partial charge in [-0.1, -0.05) is 11.6 Å². The molecule has 8 nitrogen and oxygen atoms in total. The lowest BCUT2D eigenvalue weighted by Gasteiger charge is -2.10. The Kier molecular flexibility index (Phi) is 6.05. The largest absolute Gasteiger partial charge is 0.497 e. The second-order valence-corrected chi connectivity index (χ2v) is 7.12. The van der Waals surface area contributed by atoms with Gasteiger partial charge in [0.2, 0.25) is 10.0 Å². The third-order valence-corrected chi connectivity index (χ3v) is 4.67. The fourth-order valence-corrected chi connectivity index (χ4v) is 2.97. The van der Waals surface area contributed by atoms with Crippen LogP contribution in [-0.2, 0) is 10.0 Å². The molecule has 0 radical (unpaired) electrons. The third kappa shape index (κ3) is 5.50. The lowest BCUT2D eigenvalue weighted by molar-refractivity contribution is -0.384. The van der Waals surface area contributed by atoms with Gasteiger partial charge in [-0.2, -0.15) is 0 Å². The number of nitrogens with zero attached hydrogens (tertiary/aromatic N) is 1. The van der Waals surface area contributed by atoms with E-state index in [0.29, 0.717) is 11.5 Å². The summed E-state index contributed by atoms with van der Waals surface area (Å²) in [5.41, 5.74) is -0.322. The fraction of sp³-hybridized carbons (Fsp3) is 0.200. The van der Waals surface area contributed by atoms with Gasteiger partial charge < -0.3 is 9.47 Å². The van der Waals surface area contributed by atoms with Crippen molar-refractivity contribution in [3.63, 3.8) is 0 Å². The van der Waals surface area contributed by atoms with E-state index < -0.39 is 14.9 Å². The Balaban J connectivity index is 1.95. The molecule has 0 heterocycles. The van der Waals surface area contributed by atoms with Gasteiger partial charge in [0.1, 0.15) is 28.9 Å². The number of rotatable bonds is 8. The van der Waals surface area contributed by atoms with Gasteiger partial charge in [-0.15, -0.1) is 0 Å².